The van der Waals surface area contributed by atoms with Crippen molar-refractivity contribution in [3.8, 4) is 28.6 Å². The van der Waals surface area contributed by atoms with Crippen LogP contribution >= 0.6 is 0 Å². The van der Waals surface area contributed by atoms with Gasteiger partial charge >= 0.3 is 0 Å². The number of nitrogens with zero attached hydrogens (tertiary/aromatic N) is 3. The van der Waals surface area contributed by atoms with Gasteiger partial charge in [0.2, 0.25) is 5.82 Å². The molecule has 1 aromatic carbocycles. The Morgan fingerprint density at radius 2 is 2.00 bits per heavy atom. The fraction of sp³-hybridized carbons (Fsp3) is 0.235. The maximum absolute atomic E-state index is 6.08. The molecular weight excluding hydrogens is 292 g/mol. The summed E-state index contributed by atoms with van der Waals surface area (Å²) >= 11 is 0. The summed E-state index contributed by atoms with van der Waals surface area (Å²) in [6, 6.07) is 11.4. The zero-order chi connectivity index (χ0) is 15.5. The van der Waals surface area contributed by atoms with Crippen LogP contribution in [0.2, 0.25) is 0 Å². The van der Waals surface area contributed by atoms with Crippen LogP contribution in [0.25, 0.3) is 22.8 Å². The topological polar surface area (TPSA) is 73.1 Å². The molecule has 6 heteroatoms. The number of aromatic nitrogens is 3. The monoisotopic (exact) mass is 308 g/mol. The molecule has 23 heavy (non-hydrogen) atoms. The molecule has 0 bridgehead atoms. The lowest BCUT2D eigenvalue weighted by atomic mass is 10.2. The van der Waals surface area contributed by atoms with Gasteiger partial charge in [0.25, 0.3) is 5.89 Å². The first-order valence-corrected chi connectivity index (χ1v) is 7.61. The normalized spacial score (nSPS) is 17.3. The number of para-hydroxylation sites is 1. The summed E-state index contributed by atoms with van der Waals surface area (Å²) in [6.45, 7) is 1.85. The van der Waals surface area contributed by atoms with E-state index in [4.69, 9.17) is 9.26 Å². The smallest absolute Gasteiger partial charge is 0.262 e. The Bertz CT molecular complexity index is 782. The van der Waals surface area contributed by atoms with E-state index in [9.17, 15) is 0 Å². The quantitative estimate of drug-likeness (QED) is 0.798. The molecule has 1 aliphatic rings. The fourth-order valence-corrected chi connectivity index (χ4v) is 2.61. The molecule has 3 heterocycles. The Morgan fingerprint density at radius 3 is 2.83 bits per heavy atom. The molecular formula is C17H16N4O2. The summed E-state index contributed by atoms with van der Waals surface area (Å²) < 4.78 is 11.5. The highest BCUT2D eigenvalue weighted by Crippen LogP contribution is 2.31. The molecule has 4 rings (SSSR count). The van der Waals surface area contributed by atoms with Crippen molar-refractivity contribution in [2.75, 3.05) is 13.1 Å². The van der Waals surface area contributed by atoms with E-state index in [0.29, 0.717) is 11.7 Å². The predicted molar refractivity (Wildman–Crippen MR) is 84.9 cm³/mol. The van der Waals surface area contributed by atoms with Crippen LogP contribution in [0.15, 0.2) is 53.3 Å². The maximum atomic E-state index is 6.08. The number of benzene rings is 1. The van der Waals surface area contributed by atoms with Gasteiger partial charge in [0.1, 0.15) is 11.9 Å². The first kappa shape index (κ1) is 13.9. The second-order valence-electron chi connectivity index (χ2n) is 5.39. The van der Waals surface area contributed by atoms with E-state index in [0.717, 1.165) is 36.4 Å². The van der Waals surface area contributed by atoms with Crippen LogP contribution in [0.4, 0.5) is 0 Å². The standard InChI is InChI=1S/C17H16N4O2/c1-2-4-15(22-13-7-10-19-11-13)14(3-1)17-20-16(21-23-17)12-5-8-18-9-6-12/h1-6,8-9,13,19H,7,10-11H2. The lowest BCUT2D eigenvalue weighted by Crippen LogP contribution is -2.19. The molecule has 1 N–H and O–H groups in total. The third-order valence-corrected chi connectivity index (χ3v) is 3.79. The van der Waals surface area contributed by atoms with Crippen LogP contribution in [-0.2, 0) is 0 Å². The number of nitrogens with one attached hydrogen (secondary N) is 1. The van der Waals surface area contributed by atoms with E-state index in [-0.39, 0.29) is 6.10 Å². The zero-order valence-corrected chi connectivity index (χ0v) is 12.5. The molecule has 1 saturated heterocycles. The van der Waals surface area contributed by atoms with Crippen molar-refractivity contribution in [2.24, 2.45) is 0 Å². The van der Waals surface area contributed by atoms with Gasteiger partial charge in [-0.1, -0.05) is 17.3 Å². The molecule has 1 fully saturated rings. The van der Waals surface area contributed by atoms with Crippen LogP contribution in [0.3, 0.4) is 0 Å². The Balaban J connectivity index is 1.64. The minimum Gasteiger partial charge on any atom is -0.488 e. The zero-order valence-electron chi connectivity index (χ0n) is 12.5. The maximum Gasteiger partial charge on any atom is 0.262 e. The number of hydrogen-bond donors (Lipinski definition) is 1. The van der Waals surface area contributed by atoms with Gasteiger partial charge in [-0.3, -0.25) is 4.98 Å². The summed E-state index contributed by atoms with van der Waals surface area (Å²) in [6.07, 6.45) is 4.59. The van der Waals surface area contributed by atoms with Crippen molar-refractivity contribution in [3.63, 3.8) is 0 Å². The van der Waals surface area contributed by atoms with Gasteiger partial charge in [0, 0.05) is 24.5 Å². The summed E-state index contributed by atoms with van der Waals surface area (Å²) in [5, 5.41) is 7.35. The summed E-state index contributed by atoms with van der Waals surface area (Å²) in [5.74, 6) is 1.77. The SMILES string of the molecule is c1ccc(-c2nc(-c3ccncc3)no2)c(OC2CCNC2)c1. The van der Waals surface area contributed by atoms with Crippen molar-refractivity contribution < 1.29 is 9.26 Å². The number of hydrogen-bond acceptors (Lipinski definition) is 6. The Kier molecular flexibility index (Phi) is 3.73. The minimum absolute atomic E-state index is 0.179. The van der Waals surface area contributed by atoms with Gasteiger partial charge in [-0.25, -0.2) is 0 Å². The highest BCUT2D eigenvalue weighted by atomic mass is 16.5. The molecule has 2 aromatic heterocycles. The molecule has 1 atom stereocenters. The van der Waals surface area contributed by atoms with Crippen molar-refractivity contribution >= 4 is 0 Å². The molecule has 0 amide bonds. The van der Waals surface area contributed by atoms with Gasteiger partial charge in [-0.2, -0.15) is 4.98 Å². The molecule has 116 valence electrons. The van der Waals surface area contributed by atoms with Crippen LogP contribution in [0.1, 0.15) is 6.42 Å². The van der Waals surface area contributed by atoms with E-state index in [1.807, 2.05) is 36.4 Å². The Morgan fingerprint density at radius 1 is 1.13 bits per heavy atom. The Hall–Kier alpha value is -2.73. The van der Waals surface area contributed by atoms with E-state index in [1.165, 1.54) is 0 Å². The third kappa shape index (κ3) is 2.93. The molecule has 0 saturated carbocycles. The largest absolute Gasteiger partial charge is 0.488 e. The molecule has 0 aliphatic carbocycles. The van der Waals surface area contributed by atoms with Gasteiger partial charge < -0.3 is 14.6 Å². The number of pyridine rings is 1. The molecule has 1 unspecified atom stereocenters. The number of ether oxygens (including phenoxy) is 1. The average Bonchev–Trinajstić information content (AvgIpc) is 3.28. The van der Waals surface area contributed by atoms with Crippen molar-refractivity contribution in [1.82, 2.24) is 20.4 Å². The van der Waals surface area contributed by atoms with Crippen molar-refractivity contribution in [2.45, 2.75) is 12.5 Å². The van der Waals surface area contributed by atoms with E-state index in [1.54, 1.807) is 12.4 Å². The van der Waals surface area contributed by atoms with Crippen molar-refractivity contribution in [3.05, 3.63) is 48.8 Å². The second-order valence-corrected chi connectivity index (χ2v) is 5.39. The first-order valence-electron chi connectivity index (χ1n) is 7.61. The van der Waals surface area contributed by atoms with Crippen LogP contribution in [0, 0.1) is 0 Å². The van der Waals surface area contributed by atoms with Crippen LogP contribution in [-0.4, -0.2) is 34.3 Å². The van der Waals surface area contributed by atoms with Gasteiger partial charge in [-0.05, 0) is 37.2 Å². The average molecular weight is 308 g/mol. The first-order chi connectivity index (χ1) is 11.4. The molecule has 3 aromatic rings. The van der Waals surface area contributed by atoms with Crippen LogP contribution < -0.4 is 10.1 Å². The van der Waals surface area contributed by atoms with Crippen LogP contribution in [0.5, 0.6) is 5.75 Å². The van der Waals surface area contributed by atoms with Gasteiger partial charge in [0.05, 0.1) is 5.56 Å². The second kappa shape index (κ2) is 6.18. The summed E-state index contributed by atoms with van der Waals surface area (Å²) in [7, 11) is 0. The molecule has 1 aliphatic heterocycles. The van der Waals surface area contributed by atoms with E-state index < -0.39 is 0 Å². The predicted octanol–water partition coefficient (Wildman–Crippen LogP) is 2.54. The molecule has 0 spiro atoms. The highest BCUT2D eigenvalue weighted by Gasteiger charge is 2.20. The van der Waals surface area contributed by atoms with Gasteiger partial charge in [-0.15, -0.1) is 0 Å². The van der Waals surface area contributed by atoms with Crippen molar-refractivity contribution in [1.29, 1.82) is 0 Å². The minimum atomic E-state index is 0.179. The highest BCUT2D eigenvalue weighted by molar-refractivity contribution is 5.65. The third-order valence-electron chi connectivity index (χ3n) is 3.79. The van der Waals surface area contributed by atoms with E-state index >= 15 is 0 Å². The lowest BCUT2D eigenvalue weighted by Gasteiger charge is -2.14. The molecule has 0 radical (unpaired) electrons. The molecule has 6 nitrogen and oxygen atoms in total. The number of rotatable bonds is 4. The fourth-order valence-electron chi connectivity index (χ4n) is 2.61. The van der Waals surface area contributed by atoms with E-state index in [2.05, 4.69) is 20.4 Å². The van der Waals surface area contributed by atoms with Gasteiger partial charge in [0.15, 0.2) is 0 Å². The summed E-state index contributed by atoms with van der Waals surface area (Å²) in [5.41, 5.74) is 1.68. The lowest BCUT2D eigenvalue weighted by molar-refractivity contribution is 0.223. The Labute approximate surface area is 133 Å². The summed E-state index contributed by atoms with van der Waals surface area (Å²) in [4.78, 5) is 8.48.